The topological polar surface area (TPSA) is 95.2 Å². The van der Waals surface area contributed by atoms with E-state index in [0.717, 1.165) is 44.6 Å². The second-order valence-electron chi connectivity index (χ2n) is 6.33. The van der Waals surface area contributed by atoms with Crippen LogP contribution in [0.2, 0.25) is 0 Å². The molecule has 1 aliphatic rings. The van der Waals surface area contributed by atoms with Gasteiger partial charge in [0.2, 0.25) is 5.91 Å². The Balaban J connectivity index is 1.88. The molecule has 1 aromatic rings. The lowest BCUT2D eigenvalue weighted by Crippen LogP contribution is -2.41. The lowest BCUT2D eigenvalue weighted by Gasteiger charge is -2.19. The van der Waals surface area contributed by atoms with Crippen molar-refractivity contribution >= 4 is 15.7 Å². The van der Waals surface area contributed by atoms with E-state index in [-0.39, 0.29) is 24.1 Å². The van der Waals surface area contributed by atoms with Crippen LogP contribution in [0.1, 0.15) is 32.0 Å². The Morgan fingerprint density at radius 1 is 1.48 bits per heavy atom. The van der Waals surface area contributed by atoms with Crippen molar-refractivity contribution < 1.29 is 13.2 Å². The van der Waals surface area contributed by atoms with Crippen LogP contribution < -0.4 is 5.32 Å². The summed E-state index contributed by atoms with van der Waals surface area (Å²) in [7, 11) is -3.11. The van der Waals surface area contributed by atoms with Crippen LogP contribution in [0.15, 0.2) is 12.4 Å². The average molecular weight is 342 g/mol. The SMILES string of the molecule is CCC[C@H]1CN(Cc2ncc[nH]2)C[C@@H]1NC(=O)CCS(C)(=O)=O. The van der Waals surface area contributed by atoms with E-state index >= 15 is 0 Å². The fraction of sp³-hybridized carbons (Fsp3) is 0.733. The first kappa shape index (κ1) is 17.9. The first-order valence-electron chi connectivity index (χ1n) is 8.05. The number of likely N-dealkylation sites (tertiary alicyclic amines) is 1. The molecule has 130 valence electrons. The van der Waals surface area contributed by atoms with Gasteiger partial charge in [-0.25, -0.2) is 13.4 Å². The predicted molar refractivity (Wildman–Crippen MR) is 88.5 cm³/mol. The van der Waals surface area contributed by atoms with Crippen molar-refractivity contribution in [3.63, 3.8) is 0 Å². The molecule has 1 aromatic heterocycles. The van der Waals surface area contributed by atoms with E-state index in [1.54, 1.807) is 12.4 Å². The number of carbonyl (C=O) groups excluding carboxylic acids is 1. The average Bonchev–Trinajstić information content (AvgIpc) is 3.08. The molecule has 8 heteroatoms. The quantitative estimate of drug-likeness (QED) is 0.720. The molecule has 1 amide bonds. The summed E-state index contributed by atoms with van der Waals surface area (Å²) >= 11 is 0. The fourth-order valence-electron chi connectivity index (χ4n) is 3.07. The standard InChI is InChI=1S/C15H26N4O3S/c1-3-4-12-9-19(11-14-16-6-7-17-14)10-13(12)18-15(20)5-8-23(2,21)22/h6-7,12-13H,3-5,8-11H2,1-2H3,(H,16,17)(H,18,20)/t12-,13-/m0/s1. The Hall–Kier alpha value is -1.41. The molecule has 23 heavy (non-hydrogen) atoms. The number of H-pyrrole nitrogens is 1. The zero-order chi connectivity index (χ0) is 16.9. The predicted octanol–water partition coefficient (Wildman–Crippen LogP) is 0.561. The second-order valence-corrected chi connectivity index (χ2v) is 8.59. The number of aromatic nitrogens is 2. The Bertz CT molecular complexity index is 600. The summed E-state index contributed by atoms with van der Waals surface area (Å²) in [5, 5.41) is 3.02. The van der Waals surface area contributed by atoms with Gasteiger partial charge in [-0.15, -0.1) is 0 Å². The number of sulfone groups is 1. The highest BCUT2D eigenvalue weighted by Gasteiger charge is 2.33. The summed E-state index contributed by atoms with van der Waals surface area (Å²) in [4.78, 5) is 21.6. The maximum Gasteiger partial charge on any atom is 0.221 e. The molecule has 2 heterocycles. The van der Waals surface area contributed by atoms with Gasteiger partial charge in [-0.05, 0) is 12.3 Å². The van der Waals surface area contributed by atoms with Crippen LogP contribution in [0.4, 0.5) is 0 Å². The fourth-order valence-corrected chi connectivity index (χ4v) is 3.63. The summed E-state index contributed by atoms with van der Waals surface area (Å²) in [5.74, 6) is 1.04. The lowest BCUT2D eigenvalue weighted by molar-refractivity contribution is -0.121. The van der Waals surface area contributed by atoms with Gasteiger partial charge in [-0.2, -0.15) is 0 Å². The van der Waals surface area contributed by atoms with E-state index in [9.17, 15) is 13.2 Å². The third kappa shape index (κ3) is 5.95. The minimum atomic E-state index is -3.11. The monoisotopic (exact) mass is 342 g/mol. The minimum absolute atomic E-state index is 0.0341. The van der Waals surface area contributed by atoms with Gasteiger partial charge in [0.05, 0.1) is 12.3 Å². The summed E-state index contributed by atoms with van der Waals surface area (Å²) in [6.07, 6.45) is 6.84. The highest BCUT2D eigenvalue weighted by molar-refractivity contribution is 7.90. The number of hydrogen-bond donors (Lipinski definition) is 2. The molecular weight excluding hydrogens is 316 g/mol. The number of amides is 1. The maximum absolute atomic E-state index is 12.0. The number of nitrogens with one attached hydrogen (secondary N) is 2. The van der Waals surface area contributed by atoms with Gasteiger partial charge in [0.1, 0.15) is 15.7 Å². The number of rotatable bonds is 8. The number of carbonyl (C=O) groups is 1. The smallest absolute Gasteiger partial charge is 0.221 e. The molecule has 2 N–H and O–H groups in total. The Kier molecular flexibility index (Phi) is 6.17. The molecule has 1 aliphatic heterocycles. The molecule has 0 aromatic carbocycles. The molecule has 0 aliphatic carbocycles. The van der Waals surface area contributed by atoms with E-state index in [0.29, 0.717) is 5.92 Å². The van der Waals surface area contributed by atoms with Gasteiger partial charge in [-0.1, -0.05) is 13.3 Å². The Labute approximate surface area is 137 Å². The van der Waals surface area contributed by atoms with Crippen LogP contribution in [0, 0.1) is 5.92 Å². The number of imidazole rings is 1. The minimum Gasteiger partial charge on any atom is -0.352 e. The van der Waals surface area contributed by atoms with Gasteiger partial charge in [0.15, 0.2) is 0 Å². The van der Waals surface area contributed by atoms with Gasteiger partial charge >= 0.3 is 0 Å². The molecule has 2 atom stereocenters. The van der Waals surface area contributed by atoms with Crippen LogP contribution in [-0.2, 0) is 21.2 Å². The zero-order valence-corrected chi connectivity index (χ0v) is 14.6. The molecule has 2 rings (SSSR count). The van der Waals surface area contributed by atoms with Gasteiger partial charge in [0.25, 0.3) is 0 Å². The van der Waals surface area contributed by atoms with Gasteiger partial charge in [-0.3, -0.25) is 9.69 Å². The van der Waals surface area contributed by atoms with Crippen LogP contribution in [0.25, 0.3) is 0 Å². The zero-order valence-electron chi connectivity index (χ0n) is 13.8. The molecule has 0 bridgehead atoms. The normalized spacial score (nSPS) is 22.3. The third-order valence-electron chi connectivity index (χ3n) is 4.15. The van der Waals surface area contributed by atoms with E-state index < -0.39 is 9.84 Å². The largest absolute Gasteiger partial charge is 0.352 e. The summed E-state index contributed by atoms with van der Waals surface area (Å²) in [5.41, 5.74) is 0. The highest BCUT2D eigenvalue weighted by Crippen LogP contribution is 2.23. The first-order valence-corrected chi connectivity index (χ1v) is 10.1. The molecular formula is C15H26N4O3S. The number of aromatic amines is 1. The van der Waals surface area contributed by atoms with Crippen LogP contribution >= 0.6 is 0 Å². The summed E-state index contributed by atoms with van der Waals surface area (Å²) in [6, 6.07) is 0.0805. The van der Waals surface area contributed by atoms with Crippen LogP contribution in [-0.4, -0.2) is 60.3 Å². The van der Waals surface area contributed by atoms with Crippen molar-refractivity contribution in [1.29, 1.82) is 0 Å². The van der Waals surface area contributed by atoms with Crippen LogP contribution in [0.3, 0.4) is 0 Å². The summed E-state index contributed by atoms with van der Waals surface area (Å²) < 4.78 is 22.3. The van der Waals surface area contributed by atoms with Crippen molar-refractivity contribution in [3.05, 3.63) is 18.2 Å². The highest BCUT2D eigenvalue weighted by atomic mass is 32.2. The second kappa shape index (κ2) is 7.92. The first-order chi connectivity index (χ1) is 10.9. The molecule has 0 unspecified atom stereocenters. The molecule has 0 radical (unpaired) electrons. The van der Waals surface area contributed by atoms with Crippen molar-refractivity contribution in [2.45, 2.75) is 38.8 Å². The van der Waals surface area contributed by atoms with Gasteiger partial charge < -0.3 is 10.3 Å². The number of nitrogens with zero attached hydrogens (tertiary/aromatic N) is 2. The molecule has 7 nitrogen and oxygen atoms in total. The van der Waals surface area contributed by atoms with E-state index in [1.807, 2.05) is 0 Å². The van der Waals surface area contributed by atoms with Crippen molar-refractivity contribution in [1.82, 2.24) is 20.2 Å². The van der Waals surface area contributed by atoms with Crippen molar-refractivity contribution in [3.8, 4) is 0 Å². The number of hydrogen-bond acceptors (Lipinski definition) is 5. The van der Waals surface area contributed by atoms with Crippen molar-refractivity contribution in [2.24, 2.45) is 5.92 Å². The molecule has 0 saturated carbocycles. The molecule has 1 fully saturated rings. The van der Waals surface area contributed by atoms with Gasteiger partial charge in [0, 0.05) is 44.2 Å². The lowest BCUT2D eigenvalue weighted by atomic mass is 9.98. The molecule has 0 spiro atoms. The van der Waals surface area contributed by atoms with E-state index in [1.165, 1.54) is 0 Å². The van der Waals surface area contributed by atoms with Crippen molar-refractivity contribution in [2.75, 3.05) is 25.1 Å². The molecule has 1 saturated heterocycles. The Morgan fingerprint density at radius 2 is 2.26 bits per heavy atom. The Morgan fingerprint density at radius 3 is 2.87 bits per heavy atom. The maximum atomic E-state index is 12.0. The third-order valence-corrected chi connectivity index (χ3v) is 5.10. The van der Waals surface area contributed by atoms with E-state index in [2.05, 4.69) is 27.1 Å². The summed E-state index contributed by atoms with van der Waals surface area (Å²) in [6.45, 7) is 4.57. The van der Waals surface area contributed by atoms with E-state index in [4.69, 9.17) is 0 Å². The van der Waals surface area contributed by atoms with Crippen LogP contribution in [0.5, 0.6) is 0 Å².